The van der Waals surface area contributed by atoms with E-state index in [1.54, 1.807) is 6.92 Å². The maximum atomic E-state index is 13.7. The Morgan fingerprint density at radius 1 is 1.17 bits per heavy atom. The highest BCUT2D eigenvalue weighted by Gasteiger charge is 2.45. The molecule has 2 saturated carbocycles. The second-order valence-corrected chi connectivity index (χ2v) is 9.00. The van der Waals surface area contributed by atoms with Crippen molar-refractivity contribution in [2.45, 2.75) is 70.3 Å². The zero-order chi connectivity index (χ0) is 20.2. The number of fused-ring (bicyclic) bond motifs is 1. The average Bonchev–Trinajstić information content (AvgIpc) is 3.50. The molecule has 0 N–H and O–H groups in total. The summed E-state index contributed by atoms with van der Waals surface area (Å²) in [5.41, 5.74) is 2.54. The molecule has 0 aromatic carbocycles. The average molecular weight is 396 g/mol. The van der Waals surface area contributed by atoms with Gasteiger partial charge in [-0.25, -0.2) is 4.98 Å². The summed E-state index contributed by atoms with van der Waals surface area (Å²) in [7, 11) is 0. The molecule has 1 aliphatic heterocycles. The summed E-state index contributed by atoms with van der Waals surface area (Å²) in [6.07, 6.45) is 7.60. The van der Waals surface area contributed by atoms with Crippen molar-refractivity contribution < 1.29 is 14.1 Å². The molecule has 2 aromatic rings. The van der Waals surface area contributed by atoms with Crippen molar-refractivity contribution in [3.63, 3.8) is 0 Å². The Kier molecular flexibility index (Phi) is 4.37. The molecule has 2 aliphatic carbocycles. The molecule has 3 heterocycles. The first kappa shape index (κ1) is 18.6. The minimum absolute atomic E-state index is 0.0127. The molecule has 1 saturated heterocycles. The minimum atomic E-state index is -0.215. The van der Waals surface area contributed by atoms with Crippen LogP contribution >= 0.6 is 0 Å². The van der Waals surface area contributed by atoms with Gasteiger partial charge in [-0.2, -0.15) is 0 Å². The Morgan fingerprint density at radius 2 is 1.93 bits per heavy atom. The second-order valence-electron chi connectivity index (χ2n) is 9.00. The van der Waals surface area contributed by atoms with Crippen LogP contribution in [0, 0.1) is 6.92 Å². The van der Waals surface area contributed by atoms with E-state index in [0.29, 0.717) is 42.5 Å². The lowest BCUT2D eigenvalue weighted by Crippen LogP contribution is -2.65. The van der Waals surface area contributed by atoms with Crippen LogP contribution in [0.4, 0.5) is 0 Å². The van der Waals surface area contributed by atoms with E-state index in [1.165, 1.54) is 6.42 Å². The van der Waals surface area contributed by atoms with Crippen molar-refractivity contribution in [1.82, 2.24) is 19.9 Å². The van der Waals surface area contributed by atoms with E-state index in [-0.39, 0.29) is 17.4 Å². The fraction of sp³-hybridized carbons (Fsp3) is 0.636. The molecule has 154 valence electrons. The molecule has 0 radical (unpaired) electrons. The topological polar surface area (TPSA) is 79.5 Å². The number of piperazine rings is 1. The molecule has 3 aliphatic rings. The van der Waals surface area contributed by atoms with E-state index in [2.05, 4.69) is 10.1 Å². The van der Waals surface area contributed by atoms with Gasteiger partial charge in [0.15, 0.2) is 0 Å². The zero-order valence-electron chi connectivity index (χ0n) is 17.2. The molecule has 0 bridgehead atoms. The smallest absolute Gasteiger partial charge is 0.259 e. The molecular weight excluding hydrogens is 368 g/mol. The maximum absolute atomic E-state index is 13.7. The van der Waals surface area contributed by atoms with Crippen LogP contribution in [0.1, 0.15) is 79.5 Å². The van der Waals surface area contributed by atoms with Gasteiger partial charge in [0.05, 0.1) is 22.2 Å². The Balaban J connectivity index is 1.51. The minimum Gasteiger partial charge on any atom is -0.336 e. The van der Waals surface area contributed by atoms with Crippen LogP contribution in [-0.2, 0) is 4.79 Å². The van der Waals surface area contributed by atoms with Crippen LogP contribution in [-0.4, -0.2) is 56.9 Å². The summed E-state index contributed by atoms with van der Waals surface area (Å²) in [5, 5.41) is 4.79. The van der Waals surface area contributed by atoms with Crippen LogP contribution in [0.3, 0.4) is 0 Å². The number of aryl methyl sites for hydroxylation is 1. The highest BCUT2D eigenvalue weighted by atomic mass is 16.5. The first-order chi connectivity index (χ1) is 14.0. The number of rotatable bonds is 2. The summed E-state index contributed by atoms with van der Waals surface area (Å²) in [6, 6.07) is 1.96. The number of carbonyl (C=O) groups excluding carboxylic acids is 2. The van der Waals surface area contributed by atoms with E-state index in [9.17, 15) is 9.59 Å². The molecule has 7 heteroatoms. The molecular formula is C22H28N4O3. The number of hydrogen-bond donors (Lipinski definition) is 0. The van der Waals surface area contributed by atoms with Gasteiger partial charge in [-0.05, 0) is 38.7 Å². The summed E-state index contributed by atoms with van der Waals surface area (Å²) in [6.45, 7) is 5.29. The van der Waals surface area contributed by atoms with Crippen molar-refractivity contribution in [3.05, 3.63) is 23.0 Å². The lowest BCUT2D eigenvalue weighted by atomic mass is 9.78. The van der Waals surface area contributed by atoms with Crippen LogP contribution in [0.5, 0.6) is 0 Å². The molecule has 0 atom stereocenters. The normalized spacial score (nSPS) is 21.7. The highest BCUT2D eigenvalue weighted by Crippen LogP contribution is 2.41. The highest BCUT2D eigenvalue weighted by molar-refractivity contribution is 6.06. The molecule has 1 spiro atoms. The van der Waals surface area contributed by atoms with Gasteiger partial charge in [0.2, 0.25) is 5.91 Å². The third-order valence-corrected chi connectivity index (χ3v) is 6.97. The molecule has 2 aromatic heterocycles. The Morgan fingerprint density at radius 3 is 2.62 bits per heavy atom. The van der Waals surface area contributed by atoms with Crippen LogP contribution in [0.25, 0.3) is 11.1 Å². The van der Waals surface area contributed by atoms with Gasteiger partial charge in [0.25, 0.3) is 11.6 Å². The first-order valence-corrected chi connectivity index (χ1v) is 10.8. The maximum Gasteiger partial charge on any atom is 0.259 e. The molecule has 5 rings (SSSR count). The lowest BCUT2D eigenvalue weighted by Gasteiger charge is -2.52. The molecule has 2 amide bonds. The van der Waals surface area contributed by atoms with Gasteiger partial charge in [0, 0.05) is 38.2 Å². The number of carbonyl (C=O) groups is 2. The number of aromatic nitrogens is 2. The van der Waals surface area contributed by atoms with Gasteiger partial charge in [0.1, 0.15) is 0 Å². The summed E-state index contributed by atoms with van der Waals surface area (Å²) in [5.74, 6) is 0.561. The standard InChI is InChI=1S/C22H28N4O3/c1-14-19-17(12-18(16-6-7-16)23-20(19)29-24-14)21(28)25-10-11-26(15(2)27)22(13-25)8-4-3-5-9-22/h12,16H,3-11,13H2,1-2H3. The number of hydrogen-bond acceptors (Lipinski definition) is 5. The number of nitrogens with zero attached hydrogens (tertiary/aromatic N) is 4. The van der Waals surface area contributed by atoms with Crippen molar-refractivity contribution in [2.24, 2.45) is 0 Å². The fourth-order valence-corrected chi connectivity index (χ4v) is 5.32. The molecule has 29 heavy (non-hydrogen) atoms. The van der Waals surface area contributed by atoms with Gasteiger partial charge < -0.3 is 14.3 Å². The van der Waals surface area contributed by atoms with Gasteiger partial charge in [-0.3, -0.25) is 9.59 Å². The van der Waals surface area contributed by atoms with Gasteiger partial charge in [-0.1, -0.05) is 24.4 Å². The predicted molar refractivity (Wildman–Crippen MR) is 108 cm³/mol. The SMILES string of the molecule is CC(=O)N1CCN(C(=O)c2cc(C3CC3)nc3onc(C)c23)CC12CCCCC2. The third-order valence-electron chi connectivity index (χ3n) is 6.97. The lowest BCUT2D eigenvalue weighted by molar-refractivity contribution is -0.141. The van der Waals surface area contributed by atoms with E-state index in [4.69, 9.17) is 4.52 Å². The zero-order valence-corrected chi connectivity index (χ0v) is 17.2. The van der Waals surface area contributed by atoms with E-state index in [1.807, 2.05) is 22.8 Å². The largest absolute Gasteiger partial charge is 0.336 e. The molecule has 0 unspecified atom stereocenters. The summed E-state index contributed by atoms with van der Waals surface area (Å²) >= 11 is 0. The van der Waals surface area contributed by atoms with Crippen molar-refractivity contribution >= 4 is 22.9 Å². The van der Waals surface area contributed by atoms with Crippen LogP contribution < -0.4 is 0 Å². The van der Waals surface area contributed by atoms with Crippen molar-refractivity contribution in [1.29, 1.82) is 0 Å². The van der Waals surface area contributed by atoms with Crippen LogP contribution in [0.15, 0.2) is 10.6 Å². The fourth-order valence-electron chi connectivity index (χ4n) is 5.32. The number of pyridine rings is 1. The summed E-state index contributed by atoms with van der Waals surface area (Å²) in [4.78, 5) is 34.6. The predicted octanol–water partition coefficient (Wildman–Crippen LogP) is 3.42. The Bertz CT molecular complexity index is 972. The van der Waals surface area contributed by atoms with Crippen molar-refractivity contribution in [2.75, 3.05) is 19.6 Å². The molecule has 3 fully saturated rings. The third kappa shape index (κ3) is 3.11. The Hall–Kier alpha value is -2.44. The van der Waals surface area contributed by atoms with Crippen molar-refractivity contribution in [3.8, 4) is 0 Å². The van der Waals surface area contributed by atoms with E-state index in [0.717, 1.165) is 49.6 Å². The van der Waals surface area contributed by atoms with Crippen LogP contribution in [0.2, 0.25) is 0 Å². The van der Waals surface area contributed by atoms with E-state index >= 15 is 0 Å². The van der Waals surface area contributed by atoms with E-state index < -0.39 is 0 Å². The summed E-state index contributed by atoms with van der Waals surface area (Å²) < 4.78 is 5.42. The van der Waals surface area contributed by atoms with Gasteiger partial charge in [-0.15, -0.1) is 0 Å². The first-order valence-electron chi connectivity index (χ1n) is 10.8. The quantitative estimate of drug-likeness (QED) is 0.777. The Labute approximate surface area is 170 Å². The van der Waals surface area contributed by atoms with Gasteiger partial charge >= 0.3 is 0 Å². The second kappa shape index (κ2) is 6.82. The molecule has 7 nitrogen and oxygen atoms in total. The number of amides is 2. The monoisotopic (exact) mass is 396 g/mol.